The lowest BCUT2D eigenvalue weighted by atomic mass is 10.0. The molecule has 0 fully saturated rings. The third-order valence-corrected chi connectivity index (χ3v) is 3.70. The van der Waals surface area contributed by atoms with E-state index in [9.17, 15) is 10.1 Å². The van der Waals surface area contributed by atoms with Gasteiger partial charge in [-0.2, -0.15) is 5.26 Å². The van der Waals surface area contributed by atoms with Crippen LogP contribution in [0.3, 0.4) is 0 Å². The third-order valence-electron chi connectivity index (χ3n) is 3.70. The number of nitrogens with zero attached hydrogens (tertiary/aromatic N) is 2. The molecule has 0 bridgehead atoms. The summed E-state index contributed by atoms with van der Waals surface area (Å²) in [4.78, 5) is 16.8. The minimum atomic E-state index is -0.322. The van der Waals surface area contributed by atoms with Crippen molar-refractivity contribution in [3.05, 3.63) is 71.4 Å². The Labute approximate surface area is 139 Å². The molecule has 0 spiro atoms. The molecular formula is C19H15N3O2. The second-order valence-corrected chi connectivity index (χ2v) is 5.33. The van der Waals surface area contributed by atoms with Crippen molar-refractivity contribution >= 4 is 22.5 Å². The SMILES string of the molecule is N#Cc1cc(C(=O)Nc2cc(CCO)ccn2)c2ccccc2c1. The van der Waals surface area contributed by atoms with Gasteiger partial charge in [0, 0.05) is 18.4 Å². The maximum absolute atomic E-state index is 12.7. The third kappa shape index (κ3) is 3.24. The molecule has 0 radical (unpaired) electrons. The molecule has 2 aromatic carbocycles. The second kappa shape index (κ2) is 6.90. The van der Waals surface area contributed by atoms with Crippen LogP contribution in [0, 0.1) is 11.3 Å². The van der Waals surface area contributed by atoms with Crippen LogP contribution in [0.25, 0.3) is 10.8 Å². The van der Waals surface area contributed by atoms with Crippen molar-refractivity contribution < 1.29 is 9.90 Å². The number of benzene rings is 2. The summed E-state index contributed by atoms with van der Waals surface area (Å²) in [5.41, 5.74) is 1.75. The number of aromatic nitrogens is 1. The van der Waals surface area contributed by atoms with Gasteiger partial charge in [-0.25, -0.2) is 4.98 Å². The highest BCUT2D eigenvalue weighted by Gasteiger charge is 2.13. The van der Waals surface area contributed by atoms with Crippen molar-refractivity contribution in [2.45, 2.75) is 6.42 Å². The number of nitrogens with one attached hydrogen (secondary N) is 1. The van der Waals surface area contributed by atoms with Crippen LogP contribution in [0.5, 0.6) is 0 Å². The van der Waals surface area contributed by atoms with Gasteiger partial charge in [0.25, 0.3) is 5.91 Å². The van der Waals surface area contributed by atoms with Gasteiger partial charge in [-0.3, -0.25) is 4.79 Å². The topological polar surface area (TPSA) is 86.0 Å². The van der Waals surface area contributed by atoms with Crippen LogP contribution in [0.4, 0.5) is 5.82 Å². The molecule has 0 saturated carbocycles. The lowest BCUT2D eigenvalue weighted by Gasteiger charge is -2.09. The van der Waals surface area contributed by atoms with Gasteiger partial charge >= 0.3 is 0 Å². The summed E-state index contributed by atoms with van der Waals surface area (Å²) in [6, 6.07) is 16.4. The molecule has 1 amide bonds. The Morgan fingerprint density at radius 3 is 2.83 bits per heavy atom. The minimum Gasteiger partial charge on any atom is -0.396 e. The number of hydrogen-bond acceptors (Lipinski definition) is 4. The van der Waals surface area contributed by atoms with E-state index in [1.807, 2.05) is 24.3 Å². The van der Waals surface area contributed by atoms with E-state index in [0.29, 0.717) is 23.4 Å². The number of carbonyl (C=O) groups excluding carboxylic acids is 1. The Kier molecular flexibility index (Phi) is 4.50. The van der Waals surface area contributed by atoms with Crippen molar-refractivity contribution in [1.29, 1.82) is 5.26 Å². The first-order valence-corrected chi connectivity index (χ1v) is 7.51. The highest BCUT2D eigenvalue weighted by atomic mass is 16.3. The zero-order valence-corrected chi connectivity index (χ0v) is 12.9. The molecule has 2 N–H and O–H groups in total. The molecule has 5 nitrogen and oxygen atoms in total. The highest BCUT2D eigenvalue weighted by Crippen LogP contribution is 2.22. The molecule has 0 aliphatic rings. The molecule has 0 saturated heterocycles. The fourth-order valence-corrected chi connectivity index (χ4v) is 2.57. The van der Waals surface area contributed by atoms with Crippen LogP contribution in [0.1, 0.15) is 21.5 Å². The summed E-state index contributed by atoms with van der Waals surface area (Å²) in [7, 11) is 0. The lowest BCUT2D eigenvalue weighted by molar-refractivity contribution is 0.102. The van der Waals surface area contributed by atoms with Crippen molar-refractivity contribution in [1.82, 2.24) is 4.98 Å². The molecule has 1 aromatic heterocycles. The zero-order valence-electron chi connectivity index (χ0n) is 12.9. The molecule has 0 unspecified atom stereocenters. The Morgan fingerprint density at radius 1 is 1.21 bits per heavy atom. The number of fused-ring (bicyclic) bond motifs is 1. The summed E-state index contributed by atoms with van der Waals surface area (Å²) in [5, 5.41) is 22.6. The number of pyridine rings is 1. The molecule has 3 rings (SSSR count). The van der Waals surface area contributed by atoms with Crippen molar-refractivity contribution in [2.75, 3.05) is 11.9 Å². The highest BCUT2D eigenvalue weighted by molar-refractivity contribution is 6.13. The van der Waals surface area contributed by atoms with E-state index in [4.69, 9.17) is 5.11 Å². The van der Waals surface area contributed by atoms with Crippen molar-refractivity contribution in [2.24, 2.45) is 0 Å². The smallest absolute Gasteiger partial charge is 0.257 e. The first-order valence-electron chi connectivity index (χ1n) is 7.51. The predicted octanol–water partition coefficient (Wildman–Crippen LogP) is 2.89. The summed E-state index contributed by atoms with van der Waals surface area (Å²) in [6.07, 6.45) is 2.09. The van der Waals surface area contributed by atoms with E-state index in [2.05, 4.69) is 16.4 Å². The minimum absolute atomic E-state index is 0.0340. The van der Waals surface area contributed by atoms with Gasteiger partial charge < -0.3 is 10.4 Å². The zero-order chi connectivity index (χ0) is 16.9. The van der Waals surface area contributed by atoms with Gasteiger partial charge in [-0.15, -0.1) is 0 Å². The first-order chi connectivity index (χ1) is 11.7. The van der Waals surface area contributed by atoms with Gasteiger partial charge in [-0.05, 0) is 47.0 Å². The van der Waals surface area contributed by atoms with E-state index >= 15 is 0 Å². The van der Waals surface area contributed by atoms with E-state index in [0.717, 1.165) is 16.3 Å². The normalized spacial score (nSPS) is 10.3. The Bertz CT molecular complexity index is 945. The monoisotopic (exact) mass is 317 g/mol. The van der Waals surface area contributed by atoms with E-state index < -0.39 is 0 Å². The van der Waals surface area contributed by atoms with Crippen LogP contribution in [0.15, 0.2) is 54.7 Å². The van der Waals surface area contributed by atoms with E-state index in [1.54, 1.807) is 30.5 Å². The quantitative estimate of drug-likeness (QED) is 0.774. The predicted molar refractivity (Wildman–Crippen MR) is 91.6 cm³/mol. The van der Waals surface area contributed by atoms with Crippen molar-refractivity contribution in [3.8, 4) is 6.07 Å². The Hall–Kier alpha value is -3.23. The fraction of sp³-hybridized carbons (Fsp3) is 0.105. The first kappa shape index (κ1) is 15.7. The maximum atomic E-state index is 12.7. The molecule has 0 aliphatic heterocycles. The molecule has 24 heavy (non-hydrogen) atoms. The average molecular weight is 317 g/mol. The van der Waals surface area contributed by atoms with Crippen molar-refractivity contribution in [3.63, 3.8) is 0 Å². The Balaban J connectivity index is 1.97. The van der Waals surface area contributed by atoms with Gasteiger partial charge in [0.2, 0.25) is 0 Å². The molecule has 0 aliphatic carbocycles. The Morgan fingerprint density at radius 2 is 2.04 bits per heavy atom. The number of nitriles is 1. The molecule has 0 atom stereocenters. The summed E-state index contributed by atoms with van der Waals surface area (Å²) < 4.78 is 0. The van der Waals surface area contributed by atoms with Crippen LogP contribution in [0.2, 0.25) is 0 Å². The van der Waals surface area contributed by atoms with Crippen LogP contribution >= 0.6 is 0 Å². The summed E-state index contributed by atoms with van der Waals surface area (Å²) in [5.74, 6) is 0.0920. The second-order valence-electron chi connectivity index (χ2n) is 5.33. The lowest BCUT2D eigenvalue weighted by Crippen LogP contribution is -2.14. The van der Waals surface area contributed by atoms with Gasteiger partial charge in [0.1, 0.15) is 5.82 Å². The number of amides is 1. The largest absolute Gasteiger partial charge is 0.396 e. The number of rotatable bonds is 4. The van der Waals surface area contributed by atoms with Crippen LogP contribution in [-0.4, -0.2) is 22.6 Å². The summed E-state index contributed by atoms with van der Waals surface area (Å²) >= 11 is 0. The molecule has 5 heteroatoms. The fourth-order valence-electron chi connectivity index (χ4n) is 2.57. The molecule has 3 aromatic rings. The number of carbonyl (C=O) groups is 1. The van der Waals surface area contributed by atoms with Crippen LogP contribution < -0.4 is 5.32 Å². The number of anilines is 1. The maximum Gasteiger partial charge on any atom is 0.257 e. The summed E-state index contributed by atoms with van der Waals surface area (Å²) in [6.45, 7) is 0.0340. The van der Waals surface area contributed by atoms with Gasteiger partial charge in [0.15, 0.2) is 0 Å². The van der Waals surface area contributed by atoms with E-state index in [1.165, 1.54) is 0 Å². The molecule has 1 heterocycles. The number of aliphatic hydroxyl groups is 1. The van der Waals surface area contributed by atoms with E-state index in [-0.39, 0.29) is 12.5 Å². The standard InChI is InChI=1S/C19H15N3O2/c20-12-14-9-15-3-1-2-4-16(15)17(10-14)19(24)22-18-11-13(6-8-23)5-7-21-18/h1-5,7,9-11,23H,6,8H2,(H,21,22,24). The number of aliphatic hydroxyl groups excluding tert-OH is 1. The van der Waals surface area contributed by atoms with Crippen LogP contribution in [-0.2, 0) is 6.42 Å². The average Bonchev–Trinajstić information content (AvgIpc) is 2.61. The molecule has 118 valence electrons. The van der Waals surface area contributed by atoms with Gasteiger partial charge in [0.05, 0.1) is 11.6 Å². The number of hydrogen-bond donors (Lipinski definition) is 2. The molecular weight excluding hydrogens is 302 g/mol. The van der Waals surface area contributed by atoms with Gasteiger partial charge in [-0.1, -0.05) is 24.3 Å².